The maximum Gasteiger partial charge on any atom is 0.243 e. The number of sulfonamides is 1. The van der Waals surface area contributed by atoms with E-state index in [0.29, 0.717) is 11.4 Å². The van der Waals surface area contributed by atoms with Crippen LogP contribution in [0, 0.1) is 0 Å². The molecule has 0 aliphatic heterocycles. The van der Waals surface area contributed by atoms with Gasteiger partial charge in [0.1, 0.15) is 5.75 Å². The van der Waals surface area contributed by atoms with E-state index < -0.39 is 15.9 Å². The fourth-order valence-electron chi connectivity index (χ4n) is 3.03. The van der Waals surface area contributed by atoms with Crippen molar-refractivity contribution in [3.05, 3.63) is 83.4 Å². The summed E-state index contributed by atoms with van der Waals surface area (Å²) in [6.45, 7) is -0.324. The molecule has 0 radical (unpaired) electrons. The number of halogens is 1. The Morgan fingerprint density at radius 1 is 1.06 bits per heavy atom. The molecule has 0 unspecified atom stereocenters. The average molecular weight is 491 g/mol. The number of hydrogen-bond acceptors (Lipinski definition) is 5. The highest BCUT2D eigenvalue weighted by Gasteiger charge is 2.28. The minimum absolute atomic E-state index is 0.0172. The van der Waals surface area contributed by atoms with Gasteiger partial charge in [0.05, 0.1) is 23.6 Å². The number of amides is 1. The SMILES string of the molecule is COc1ccc(S(=O)(=O)N(CC(=O)Nc2cccc(SC)c2)Cc2ccccc2)cc1Cl. The number of methoxy groups -OCH3 is 1. The van der Waals surface area contributed by atoms with Crippen LogP contribution in [0.1, 0.15) is 5.56 Å². The summed E-state index contributed by atoms with van der Waals surface area (Å²) < 4.78 is 33.1. The normalized spacial score (nSPS) is 11.4. The molecule has 1 N–H and O–H groups in total. The van der Waals surface area contributed by atoms with Crippen LogP contribution in [0.4, 0.5) is 5.69 Å². The van der Waals surface area contributed by atoms with E-state index in [1.165, 1.54) is 25.3 Å². The van der Waals surface area contributed by atoms with Gasteiger partial charge in [-0.25, -0.2) is 8.42 Å². The number of benzene rings is 3. The van der Waals surface area contributed by atoms with E-state index in [1.807, 2.05) is 54.8 Å². The van der Waals surface area contributed by atoms with Crippen molar-refractivity contribution in [1.29, 1.82) is 0 Å². The monoisotopic (exact) mass is 490 g/mol. The van der Waals surface area contributed by atoms with Crippen LogP contribution in [0.15, 0.2) is 82.6 Å². The van der Waals surface area contributed by atoms with Crippen molar-refractivity contribution in [3.63, 3.8) is 0 Å². The predicted molar refractivity (Wildman–Crippen MR) is 129 cm³/mol. The van der Waals surface area contributed by atoms with Crippen LogP contribution < -0.4 is 10.1 Å². The van der Waals surface area contributed by atoms with Gasteiger partial charge in [-0.2, -0.15) is 4.31 Å². The van der Waals surface area contributed by atoms with Crippen molar-refractivity contribution >= 4 is 45.0 Å². The maximum absolute atomic E-state index is 13.4. The zero-order valence-corrected chi connectivity index (χ0v) is 20.0. The molecule has 168 valence electrons. The van der Waals surface area contributed by atoms with E-state index in [-0.39, 0.29) is 23.0 Å². The Balaban J connectivity index is 1.88. The van der Waals surface area contributed by atoms with Crippen LogP contribution in [0.5, 0.6) is 5.75 Å². The van der Waals surface area contributed by atoms with Crippen LogP contribution in [0.25, 0.3) is 0 Å². The summed E-state index contributed by atoms with van der Waals surface area (Å²) in [7, 11) is -2.57. The third-order valence-corrected chi connectivity index (χ3v) is 7.44. The van der Waals surface area contributed by atoms with Gasteiger partial charge in [-0.1, -0.05) is 48.0 Å². The maximum atomic E-state index is 13.4. The molecule has 0 spiro atoms. The lowest BCUT2D eigenvalue weighted by atomic mass is 10.2. The molecule has 0 aromatic heterocycles. The lowest BCUT2D eigenvalue weighted by molar-refractivity contribution is -0.116. The van der Waals surface area contributed by atoms with E-state index in [4.69, 9.17) is 16.3 Å². The first-order chi connectivity index (χ1) is 15.3. The number of anilines is 1. The first-order valence-electron chi connectivity index (χ1n) is 9.65. The zero-order chi connectivity index (χ0) is 23.1. The van der Waals surface area contributed by atoms with E-state index in [0.717, 1.165) is 14.8 Å². The number of nitrogens with one attached hydrogen (secondary N) is 1. The number of ether oxygens (including phenoxy) is 1. The minimum Gasteiger partial charge on any atom is -0.495 e. The fourth-order valence-corrected chi connectivity index (χ4v) is 5.22. The zero-order valence-electron chi connectivity index (χ0n) is 17.6. The van der Waals surface area contributed by atoms with Gasteiger partial charge in [0.25, 0.3) is 0 Å². The van der Waals surface area contributed by atoms with Crippen LogP contribution in [0.2, 0.25) is 5.02 Å². The molecule has 0 bridgehead atoms. The topological polar surface area (TPSA) is 75.7 Å². The molecule has 0 saturated heterocycles. The molecule has 0 fully saturated rings. The van der Waals surface area contributed by atoms with Gasteiger partial charge < -0.3 is 10.1 Å². The molecule has 0 aliphatic rings. The van der Waals surface area contributed by atoms with Gasteiger partial charge in [0.2, 0.25) is 15.9 Å². The summed E-state index contributed by atoms with van der Waals surface area (Å²) in [5, 5.41) is 2.95. The molecule has 0 atom stereocenters. The summed E-state index contributed by atoms with van der Waals surface area (Å²) in [5.41, 5.74) is 1.36. The Morgan fingerprint density at radius 3 is 2.47 bits per heavy atom. The van der Waals surface area contributed by atoms with Crippen molar-refractivity contribution in [2.75, 3.05) is 25.2 Å². The fraction of sp³-hybridized carbons (Fsp3) is 0.174. The molecular weight excluding hydrogens is 468 g/mol. The summed E-state index contributed by atoms with van der Waals surface area (Å²) in [5.74, 6) is -0.0750. The van der Waals surface area contributed by atoms with E-state index in [9.17, 15) is 13.2 Å². The standard InChI is InChI=1S/C23H23ClN2O4S2/c1-30-22-12-11-20(14-21(22)24)32(28,29)26(15-17-7-4-3-5-8-17)16-23(27)25-18-9-6-10-19(13-18)31-2/h3-14H,15-16H2,1-2H3,(H,25,27). The number of hydrogen-bond donors (Lipinski definition) is 1. The van der Waals surface area contributed by atoms with Crippen LogP contribution in [0.3, 0.4) is 0 Å². The highest BCUT2D eigenvalue weighted by atomic mass is 35.5. The van der Waals surface area contributed by atoms with Crippen molar-refractivity contribution < 1.29 is 17.9 Å². The number of nitrogens with zero attached hydrogens (tertiary/aromatic N) is 1. The number of thioether (sulfide) groups is 1. The Labute approximate surface area is 197 Å². The molecule has 0 heterocycles. The molecule has 32 heavy (non-hydrogen) atoms. The second-order valence-corrected chi connectivity index (χ2v) is 10.1. The molecule has 0 saturated carbocycles. The first-order valence-corrected chi connectivity index (χ1v) is 12.7. The summed E-state index contributed by atoms with van der Waals surface area (Å²) in [4.78, 5) is 13.8. The van der Waals surface area contributed by atoms with E-state index in [2.05, 4.69) is 5.32 Å². The Kier molecular flexibility index (Phi) is 8.20. The average Bonchev–Trinajstić information content (AvgIpc) is 2.79. The van der Waals surface area contributed by atoms with Crippen molar-refractivity contribution in [1.82, 2.24) is 4.31 Å². The third kappa shape index (κ3) is 6.04. The van der Waals surface area contributed by atoms with Crippen LogP contribution in [-0.4, -0.2) is 38.5 Å². The van der Waals surface area contributed by atoms with Gasteiger partial charge in [-0.15, -0.1) is 11.8 Å². The highest BCUT2D eigenvalue weighted by Crippen LogP contribution is 2.29. The largest absolute Gasteiger partial charge is 0.495 e. The van der Waals surface area contributed by atoms with Gasteiger partial charge in [0.15, 0.2) is 0 Å². The molecule has 6 nitrogen and oxygen atoms in total. The van der Waals surface area contributed by atoms with Gasteiger partial charge >= 0.3 is 0 Å². The third-order valence-electron chi connectivity index (χ3n) is 4.64. The lowest BCUT2D eigenvalue weighted by Gasteiger charge is -2.22. The predicted octanol–water partition coefficient (Wildman–Crippen LogP) is 4.90. The van der Waals surface area contributed by atoms with E-state index >= 15 is 0 Å². The number of carbonyl (C=O) groups is 1. The minimum atomic E-state index is -4.02. The Hall–Kier alpha value is -2.52. The molecule has 3 aromatic carbocycles. The lowest BCUT2D eigenvalue weighted by Crippen LogP contribution is -2.37. The van der Waals surface area contributed by atoms with E-state index in [1.54, 1.807) is 17.8 Å². The Morgan fingerprint density at radius 2 is 1.81 bits per heavy atom. The molecule has 3 rings (SSSR count). The second kappa shape index (κ2) is 10.9. The summed E-state index contributed by atoms with van der Waals surface area (Å²) >= 11 is 7.70. The molecule has 3 aromatic rings. The molecule has 0 aliphatic carbocycles. The quantitative estimate of drug-likeness (QED) is 0.432. The molecular formula is C23H23ClN2O4S2. The highest BCUT2D eigenvalue weighted by molar-refractivity contribution is 7.98. The number of carbonyl (C=O) groups excluding carboxylic acids is 1. The van der Waals surface area contributed by atoms with Crippen molar-refractivity contribution in [3.8, 4) is 5.75 Å². The van der Waals surface area contributed by atoms with Crippen molar-refractivity contribution in [2.24, 2.45) is 0 Å². The molecule has 9 heteroatoms. The summed E-state index contributed by atoms with van der Waals surface area (Å²) in [6, 6.07) is 20.7. The van der Waals surface area contributed by atoms with Gasteiger partial charge in [-0.3, -0.25) is 4.79 Å². The van der Waals surface area contributed by atoms with Crippen molar-refractivity contribution in [2.45, 2.75) is 16.3 Å². The summed E-state index contributed by atoms with van der Waals surface area (Å²) in [6.07, 6.45) is 1.94. The van der Waals surface area contributed by atoms with Gasteiger partial charge in [0, 0.05) is 17.1 Å². The Bertz CT molecular complexity index is 1190. The number of rotatable bonds is 9. The van der Waals surface area contributed by atoms with Crippen LogP contribution >= 0.6 is 23.4 Å². The first kappa shape index (κ1) is 24.1. The van der Waals surface area contributed by atoms with Crippen LogP contribution in [-0.2, 0) is 21.4 Å². The second-order valence-electron chi connectivity index (χ2n) is 6.84. The molecule has 1 amide bonds. The smallest absolute Gasteiger partial charge is 0.243 e. The van der Waals surface area contributed by atoms with Gasteiger partial charge in [-0.05, 0) is 48.2 Å².